The lowest BCUT2D eigenvalue weighted by molar-refractivity contribution is -0.150. The van der Waals surface area contributed by atoms with Gasteiger partial charge in [0.2, 0.25) is 11.5 Å². The number of hydrogen-bond donors (Lipinski definition) is 3. The molecule has 2 aliphatic rings. The van der Waals surface area contributed by atoms with Gasteiger partial charge >= 0.3 is 11.9 Å². The average molecular weight is 649 g/mol. The van der Waals surface area contributed by atoms with Crippen LogP contribution in [0.5, 0.6) is 5.75 Å². The minimum atomic E-state index is -1.24. The highest BCUT2D eigenvalue weighted by molar-refractivity contribution is 8.01. The van der Waals surface area contributed by atoms with Crippen molar-refractivity contribution in [1.29, 1.82) is 0 Å². The number of carboxylic acids is 1. The number of nitrogens with one attached hydrogen (secondary N) is 1. The average Bonchev–Trinajstić information content (AvgIpc) is 3.66. The van der Waals surface area contributed by atoms with Crippen molar-refractivity contribution in [1.82, 2.24) is 29.8 Å². The van der Waals surface area contributed by atoms with Gasteiger partial charge in [-0.15, -0.1) is 22.0 Å². The van der Waals surface area contributed by atoms with E-state index in [2.05, 4.69) is 30.0 Å². The van der Waals surface area contributed by atoms with Gasteiger partial charge in [0.15, 0.2) is 15.2 Å². The number of benzene rings is 1. The fraction of sp³-hybridized carbons (Fsp3) is 0.261. The number of carbonyl (C=O) groups excluding carboxylic acids is 3. The number of anilines is 1. The summed E-state index contributed by atoms with van der Waals surface area (Å²) in [5.41, 5.74) is 7.56. The highest BCUT2D eigenvalue weighted by Gasteiger charge is 2.54. The van der Waals surface area contributed by atoms with Crippen LogP contribution >= 0.6 is 46.4 Å². The molecule has 4 heterocycles. The zero-order chi connectivity index (χ0) is 29.8. The van der Waals surface area contributed by atoms with E-state index >= 15 is 0 Å². The van der Waals surface area contributed by atoms with Crippen molar-refractivity contribution in [3.05, 3.63) is 52.4 Å². The summed E-state index contributed by atoms with van der Waals surface area (Å²) in [5.74, 6) is -2.60. The van der Waals surface area contributed by atoms with Crippen LogP contribution in [0.15, 0.2) is 50.5 Å². The molecule has 0 bridgehead atoms. The van der Waals surface area contributed by atoms with Crippen molar-refractivity contribution in [3.63, 3.8) is 0 Å². The molecule has 1 saturated heterocycles. The van der Waals surface area contributed by atoms with E-state index in [1.54, 1.807) is 18.5 Å². The number of ether oxygens (including phenoxy) is 1. The third-order valence-electron chi connectivity index (χ3n) is 5.70. The van der Waals surface area contributed by atoms with Crippen molar-refractivity contribution in [2.45, 2.75) is 22.7 Å². The van der Waals surface area contributed by atoms with Crippen LogP contribution in [-0.4, -0.2) is 88.6 Å². The van der Waals surface area contributed by atoms with Gasteiger partial charge in [0.05, 0.1) is 12.2 Å². The molecule has 42 heavy (non-hydrogen) atoms. The van der Waals surface area contributed by atoms with Crippen LogP contribution in [0.3, 0.4) is 0 Å². The molecule has 2 atom stereocenters. The largest absolute Gasteiger partial charge is 0.477 e. The number of thioether (sulfide) groups is 2. The summed E-state index contributed by atoms with van der Waals surface area (Å²) in [7, 11) is 0. The number of amides is 2. The number of nitrogens with zero attached hydrogens (tertiary/aromatic N) is 6. The van der Waals surface area contributed by atoms with E-state index in [0.29, 0.717) is 21.4 Å². The fourth-order valence-electron chi connectivity index (χ4n) is 3.89. The Morgan fingerprint density at radius 1 is 1.33 bits per heavy atom. The SMILES string of the molecule is CCOC(=O)c1cccc(ON=C(C(=O)NC2C(=O)N3C(C(=O)O)=C(CSc4nncs4)CS[C@H]23)c2nsc(N)n2)c1. The van der Waals surface area contributed by atoms with Crippen LogP contribution in [0.25, 0.3) is 0 Å². The summed E-state index contributed by atoms with van der Waals surface area (Å²) in [6.45, 7) is 1.87. The number of β-lactam (4-membered cyclic amide) rings is 1. The molecule has 0 radical (unpaired) electrons. The molecule has 15 nitrogen and oxygen atoms in total. The second-order valence-corrected chi connectivity index (χ2v) is 12.3. The number of aliphatic carboxylic acids is 1. The molecular formula is C23H20N8O7S4. The molecule has 2 aromatic heterocycles. The van der Waals surface area contributed by atoms with Crippen molar-refractivity contribution in [2.75, 3.05) is 23.8 Å². The third kappa shape index (κ3) is 6.22. The van der Waals surface area contributed by atoms with Gasteiger partial charge in [-0.1, -0.05) is 34.3 Å². The molecule has 0 aliphatic carbocycles. The van der Waals surface area contributed by atoms with E-state index < -0.39 is 35.2 Å². The lowest BCUT2D eigenvalue weighted by Gasteiger charge is -2.49. The maximum absolute atomic E-state index is 13.3. The number of fused-ring (bicyclic) bond motifs is 1. The fourth-order valence-corrected chi connectivity index (χ4v) is 7.29. The number of hydrogen-bond acceptors (Lipinski definition) is 16. The van der Waals surface area contributed by atoms with E-state index in [0.717, 1.165) is 11.5 Å². The number of oxime groups is 1. The van der Waals surface area contributed by atoms with Crippen molar-refractivity contribution >= 4 is 81.0 Å². The number of esters is 1. The Bertz CT molecular complexity index is 1590. The van der Waals surface area contributed by atoms with Gasteiger partial charge in [0.1, 0.15) is 22.6 Å². The first kappa shape index (κ1) is 29.4. The molecule has 1 aromatic carbocycles. The van der Waals surface area contributed by atoms with E-state index in [-0.39, 0.29) is 40.3 Å². The summed E-state index contributed by atoms with van der Waals surface area (Å²) in [6, 6.07) is 4.93. The molecule has 1 fully saturated rings. The number of rotatable bonds is 11. The maximum Gasteiger partial charge on any atom is 0.352 e. The summed E-state index contributed by atoms with van der Waals surface area (Å²) in [4.78, 5) is 61.2. The van der Waals surface area contributed by atoms with Gasteiger partial charge in [-0.05, 0) is 30.7 Å². The monoisotopic (exact) mass is 648 g/mol. The highest BCUT2D eigenvalue weighted by atomic mass is 32.2. The van der Waals surface area contributed by atoms with Crippen LogP contribution in [-0.2, 0) is 19.1 Å². The number of carbonyl (C=O) groups is 4. The maximum atomic E-state index is 13.3. The van der Waals surface area contributed by atoms with Gasteiger partial charge < -0.3 is 25.7 Å². The molecule has 0 saturated carbocycles. The second kappa shape index (κ2) is 12.8. The molecule has 3 aromatic rings. The standard InChI is InChI=1S/C23H20N8O7S4/c1-2-37-21(36)10-4-3-5-12(6-10)38-29-13(16-27-22(24)42-30-16)17(32)26-14-18(33)31-15(20(34)35)11(7-39-19(14)31)8-40-23-28-25-9-41-23/h3-6,9,14,19H,2,7-8H2,1H3,(H,26,32)(H,34,35)(H2,24,27,30)/t14?,19-/m1/s1. The van der Waals surface area contributed by atoms with Gasteiger partial charge in [-0.2, -0.15) is 9.36 Å². The lowest BCUT2D eigenvalue weighted by atomic mass is 10.0. The second-order valence-electron chi connectivity index (χ2n) is 8.35. The molecule has 4 N–H and O–H groups in total. The first-order valence-corrected chi connectivity index (χ1v) is 15.7. The minimum Gasteiger partial charge on any atom is -0.477 e. The predicted molar refractivity (Wildman–Crippen MR) is 154 cm³/mol. The highest BCUT2D eigenvalue weighted by Crippen LogP contribution is 2.41. The van der Waals surface area contributed by atoms with Crippen LogP contribution in [0.2, 0.25) is 0 Å². The number of nitrogens with two attached hydrogens (primary N) is 1. The molecule has 5 rings (SSSR count). The van der Waals surface area contributed by atoms with Crippen LogP contribution in [0, 0.1) is 0 Å². The lowest BCUT2D eigenvalue weighted by Crippen LogP contribution is -2.71. The Balaban J connectivity index is 1.33. The summed E-state index contributed by atoms with van der Waals surface area (Å²) < 4.78 is 9.68. The Labute approximate surface area is 253 Å². The zero-order valence-corrected chi connectivity index (χ0v) is 24.7. The molecule has 0 spiro atoms. The number of aromatic nitrogens is 4. The molecule has 2 aliphatic heterocycles. The first-order chi connectivity index (χ1) is 20.3. The third-order valence-corrected chi connectivity index (χ3v) is 9.53. The summed E-state index contributed by atoms with van der Waals surface area (Å²) >= 11 is 4.81. The van der Waals surface area contributed by atoms with E-state index in [1.807, 2.05) is 0 Å². The molecule has 19 heteroatoms. The van der Waals surface area contributed by atoms with Crippen LogP contribution < -0.4 is 15.9 Å². The Hall–Kier alpha value is -4.07. The Morgan fingerprint density at radius 3 is 2.86 bits per heavy atom. The van der Waals surface area contributed by atoms with Crippen LogP contribution in [0.4, 0.5) is 5.13 Å². The molecule has 2 amide bonds. The van der Waals surface area contributed by atoms with E-state index in [9.17, 15) is 24.3 Å². The number of carboxylic acid groups (broad SMARTS) is 1. The summed E-state index contributed by atoms with van der Waals surface area (Å²) in [5, 5.41) is 23.5. The minimum absolute atomic E-state index is 0.0682. The van der Waals surface area contributed by atoms with Gasteiger partial charge in [0, 0.05) is 23.0 Å². The first-order valence-electron chi connectivity index (χ1n) is 12.0. The van der Waals surface area contributed by atoms with E-state index in [4.69, 9.17) is 15.3 Å². The van der Waals surface area contributed by atoms with Crippen molar-refractivity contribution in [2.24, 2.45) is 5.16 Å². The quantitative estimate of drug-likeness (QED) is 0.0883. The normalized spacial score (nSPS) is 18.3. The smallest absolute Gasteiger partial charge is 0.352 e. The van der Waals surface area contributed by atoms with Gasteiger partial charge in [-0.3, -0.25) is 14.5 Å². The molecular weight excluding hydrogens is 629 g/mol. The topological polar surface area (TPSA) is 212 Å². The Morgan fingerprint density at radius 2 is 2.17 bits per heavy atom. The molecule has 218 valence electrons. The van der Waals surface area contributed by atoms with E-state index in [1.165, 1.54) is 58.0 Å². The number of nitrogen functional groups attached to an aromatic ring is 1. The Kier molecular flexibility index (Phi) is 9.00. The molecule has 1 unspecified atom stereocenters. The van der Waals surface area contributed by atoms with Crippen LogP contribution in [0.1, 0.15) is 23.1 Å². The van der Waals surface area contributed by atoms with Crippen molar-refractivity contribution in [3.8, 4) is 5.75 Å². The van der Waals surface area contributed by atoms with Gasteiger partial charge in [-0.25, -0.2) is 9.59 Å². The predicted octanol–water partition coefficient (Wildman–Crippen LogP) is 1.46. The zero-order valence-electron chi connectivity index (χ0n) is 21.5. The van der Waals surface area contributed by atoms with Gasteiger partial charge in [0.25, 0.3) is 11.8 Å². The summed E-state index contributed by atoms with van der Waals surface area (Å²) in [6.07, 6.45) is 0. The van der Waals surface area contributed by atoms with Crippen molar-refractivity contribution < 1.29 is 33.9 Å².